The molecule has 0 fully saturated rings. The Morgan fingerprint density at radius 1 is 1.05 bits per heavy atom. The van der Waals surface area contributed by atoms with Crippen LogP contribution in [0.1, 0.15) is 22.7 Å². The average molecular weight is 276 g/mol. The number of fused-ring (bicyclic) bond motifs is 1. The van der Waals surface area contributed by atoms with Crippen molar-refractivity contribution in [2.45, 2.75) is 12.5 Å². The SMILES string of the molecule is NNC(c1ccc(F)c(F)c1)c1ccc2c(c1)CCO2. The quantitative estimate of drug-likeness (QED) is 0.668. The van der Waals surface area contributed by atoms with Gasteiger partial charge in [-0.05, 0) is 34.9 Å². The molecule has 1 atom stereocenters. The Morgan fingerprint density at radius 3 is 2.55 bits per heavy atom. The summed E-state index contributed by atoms with van der Waals surface area (Å²) in [5, 5.41) is 0. The maximum atomic E-state index is 13.3. The van der Waals surface area contributed by atoms with Crippen LogP contribution in [-0.4, -0.2) is 6.61 Å². The second-order valence-electron chi connectivity index (χ2n) is 4.74. The standard InChI is InChI=1S/C15H14F2N2O/c16-12-3-1-11(8-13(12)17)15(19-18)10-2-4-14-9(7-10)5-6-20-14/h1-4,7-8,15,19H,5-6,18H2. The summed E-state index contributed by atoms with van der Waals surface area (Å²) in [4.78, 5) is 0. The van der Waals surface area contributed by atoms with Gasteiger partial charge in [-0.15, -0.1) is 0 Å². The Kier molecular flexibility index (Phi) is 3.38. The van der Waals surface area contributed by atoms with Crippen LogP contribution in [0.2, 0.25) is 0 Å². The lowest BCUT2D eigenvalue weighted by atomic mass is 9.97. The minimum Gasteiger partial charge on any atom is -0.493 e. The first kappa shape index (κ1) is 13.0. The minimum atomic E-state index is -0.882. The van der Waals surface area contributed by atoms with Crippen LogP contribution in [0.5, 0.6) is 5.75 Å². The van der Waals surface area contributed by atoms with Gasteiger partial charge in [0.1, 0.15) is 5.75 Å². The van der Waals surface area contributed by atoms with E-state index in [1.54, 1.807) is 0 Å². The zero-order valence-electron chi connectivity index (χ0n) is 10.7. The van der Waals surface area contributed by atoms with Crippen LogP contribution in [0.4, 0.5) is 8.78 Å². The first-order valence-corrected chi connectivity index (χ1v) is 6.36. The third-order valence-electron chi connectivity index (χ3n) is 3.49. The van der Waals surface area contributed by atoms with Crippen molar-refractivity contribution in [1.82, 2.24) is 5.43 Å². The van der Waals surface area contributed by atoms with Gasteiger partial charge < -0.3 is 4.74 Å². The monoisotopic (exact) mass is 276 g/mol. The number of nitrogens with one attached hydrogen (secondary N) is 1. The van der Waals surface area contributed by atoms with Gasteiger partial charge in [0.15, 0.2) is 11.6 Å². The van der Waals surface area contributed by atoms with Crippen molar-refractivity contribution in [2.75, 3.05) is 6.61 Å². The Morgan fingerprint density at radius 2 is 1.80 bits per heavy atom. The Bertz CT molecular complexity index is 646. The zero-order valence-corrected chi connectivity index (χ0v) is 10.7. The number of benzene rings is 2. The lowest BCUT2D eigenvalue weighted by molar-refractivity contribution is 0.357. The van der Waals surface area contributed by atoms with Crippen LogP contribution in [0.15, 0.2) is 36.4 Å². The number of nitrogens with two attached hydrogens (primary N) is 1. The highest BCUT2D eigenvalue weighted by Gasteiger charge is 2.18. The third kappa shape index (κ3) is 2.26. The maximum Gasteiger partial charge on any atom is 0.159 e. The normalized spacial score (nSPS) is 14.8. The zero-order chi connectivity index (χ0) is 14.1. The van der Waals surface area contributed by atoms with Crippen molar-refractivity contribution in [3.8, 4) is 5.75 Å². The summed E-state index contributed by atoms with van der Waals surface area (Å²) in [5.74, 6) is 4.69. The van der Waals surface area contributed by atoms with Gasteiger partial charge in [-0.1, -0.05) is 18.2 Å². The van der Waals surface area contributed by atoms with E-state index in [1.165, 1.54) is 6.07 Å². The highest BCUT2D eigenvalue weighted by atomic mass is 19.2. The van der Waals surface area contributed by atoms with Gasteiger partial charge >= 0.3 is 0 Å². The number of hydrazine groups is 1. The Balaban J connectivity index is 1.98. The molecule has 3 nitrogen and oxygen atoms in total. The summed E-state index contributed by atoms with van der Waals surface area (Å²) in [6.45, 7) is 0.671. The average Bonchev–Trinajstić information content (AvgIpc) is 2.91. The van der Waals surface area contributed by atoms with E-state index in [9.17, 15) is 8.78 Å². The molecule has 0 radical (unpaired) electrons. The molecule has 2 aromatic carbocycles. The van der Waals surface area contributed by atoms with Crippen LogP contribution in [-0.2, 0) is 6.42 Å². The molecular weight excluding hydrogens is 262 g/mol. The lowest BCUT2D eigenvalue weighted by Gasteiger charge is -2.18. The molecule has 104 valence electrons. The number of rotatable bonds is 3. The van der Waals surface area contributed by atoms with Crippen LogP contribution in [0.25, 0.3) is 0 Å². The number of hydrogen-bond donors (Lipinski definition) is 2. The Labute approximate surface area is 115 Å². The molecule has 0 spiro atoms. The molecule has 5 heteroatoms. The summed E-state index contributed by atoms with van der Waals surface area (Å²) in [7, 11) is 0. The summed E-state index contributed by atoms with van der Waals surface area (Å²) in [6.07, 6.45) is 0.845. The summed E-state index contributed by atoms with van der Waals surface area (Å²) in [5.41, 5.74) is 5.21. The van der Waals surface area contributed by atoms with Crippen molar-refractivity contribution in [3.05, 3.63) is 64.7 Å². The predicted octanol–water partition coefficient (Wildman–Crippen LogP) is 2.45. The van der Waals surface area contributed by atoms with Gasteiger partial charge in [-0.3, -0.25) is 5.84 Å². The number of hydrogen-bond acceptors (Lipinski definition) is 3. The topological polar surface area (TPSA) is 47.3 Å². The summed E-state index contributed by atoms with van der Waals surface area (Å²) in [6, 6.07) is 9.12. The van der Waals surface area contributed by atoms with E-state index < -0.39 is 17.7 Å². The molecule has 0 aliphatic carbocycles. The van der Waals surface area contributed by atoms with Crippen LogP contribution in [0, 0.1) is 11.6 Å². The maximum absolute atomic E-state index is 13.3. The highest BCUT2D eigenvalue weighted by Crippen LogP contribution is 2.30. The fourth-order valence-electron chi connectivity index (χ4n) is 2.46. The van der Waals surface area contributed by atoms with Crippen LogP contribution in [0.3, 0.4) is 0 Å². The van der Waals surface area contributed by atoms with E-state index in [-0.39, 0.29) is 0 Å². The molecule has 0 amide bonds. The molecule has 1 heterocycles. The Hall–Kier alpha value is -1.98. The van der Waals surface area contributed by atoms with Gasteiger partial charge in [-0.2, -0.15) is 0 Å². The molecule has 1 aliphatic rings. The molecule has 20 heavy (non-hydrogen) atoms. The van der Waals surface area contributed by atoms with Crippen molar-refractivity contribution < 1.29 is 13.5 Å². The molecule has 3 rings (SSSR count). The molecular formula is C15H14F2N2O. The first-order chi connectivity index (χ1) is 9.69. The number of halogens is 2. The van der Waals surface area contributed by atoms with E-state index in [2.05, 4.69) is 5.43 Å². The van der Waals surface area contributed by atoms with E-state index in [0.717, 1.165) is 35.4 Å². The molecule has 1 aliphatic heterocycles. The van der Waals surface area contributed by atoms with E-state index >= 15 is 0 Å². The van der Waals surface area contributed by atoms with Gasteiger partial charge in [0.05, 0.1) is 12.6 Å². The van der Waals surface area contributed by atoms with Crippen LogP contribution >= 0.6 is 0 Å². The number of ether oxygens (including phenoxy) is 1. The fourth-order valence-corrected chi connectivity index (χ4v) is 2.46. The molecule has 0 bridgehead atoms. The van der Waals surface area contributed by atoms with Crippen molar-refractivity contribution >= 4 is 0 Å². The largest absolute Gasteiger partial charge is 0.493 e. The first-order valence-electron chi connectivity index (χ1n) is 6.36. The molecule has 3 N–H and O–H groups in total. The lowest BCUT2D eigenvalue weighted by Crippen LogP contribution is -2.29. The highest BCUT2D eigenvalue weighted by molar-refractivity contribution is 5.43. The molecule has 0 saturated carbocycles. The van der Waals surface area contributed by atoms with Crippen molar-refractivity contribution in [3.63, 3.8) is 0 Å². The molecule has 0 saturated heterocycles. The summed E-state index contributed by atoms with van der Waals surface area (Å²) >= 11 is 0. The molecule has 1 unspecified atom stereocenters. The van der Waals surface area contributed by atoms with E-state index in [0.29, 0.717) is 12.2 Å². The van der Waals surface area contributed by atoms with Crippen LogP contribution < -0.4 is 16.0 Å². The van der Waals surface area contributed by atoms with Crippen molar-refractivity contribution in [2.24, 2.45) is 5.84 Å². The molecule has 0 aromatic heterocycles. The smallest absolute Gasteiger partial charge is 0.159 e. The summed E-state index contributed by atoms with van der Waals surface area (Å²) < 4.78 is 31.8. The van der Waals surface area contributed by atoms with Gasteiger partial charge in [0.2, 0.25) is 0 Å². The van der Waals surface area contributed by atoms with Gasteiger partial charge in [0.25, 0.3) is 0 Å². The predicted molar refractivity (Wildman–Crippen MR) is 71.2 cm³/mol. The van der Waals surface area contributed by atoms with Crippen molar-refractivity contribution in [1.29, 1.82) is 0 Å². The second kappa shape index (κ2) is 5.19. The van der Waals surface area contributed by atoms with Gasteiger partial charge in [0, 0.05) is 6.42 Å². The van der Waals surface area contributed by atoms with E-state index in [4.69, 9.17) is 10.6 Å². The van der Waals surface area contributed by atoms with E-state index in [1.807, 2.05) is 18.2 Å². The van der Waals surface area contributed by atoms with Gasteiger partial charge in [-0.25, -0.2) is 14.2 Å². The minimum absolute atomic E-state index is 0.393. The molecule has 2 aromatic rings. The second-order valence-corrected chi connectivity index (χ2v) is 4.74. The fraction of sp³-hybridized carbons (Fsp3) is 0.200. The third-order valence-corrected chi connectivity index (χ3v) is 3.49.